The third-order valence-corrected chi connectivity index (χ3v) is 3.71. The summed E-state index contributed by atoms with van der Waals surface area (Å²) in [4.78, 5) is 12.1. The first-order valence-corrected chi connectivity index (χ1v) is 6.39. The minimum absolute atomic E-state index is 0.0429. The predicted octanol–water partition coefficient (Wildman–Crippen LogP) is 1.95. The van der Waals surface area contributed by atoms with Crippen molar-refractivity contribution >= 4 is 11.4 Å². The van der Waals surface area contributed by atoms with Crippen LogP contribution in [0, 0.1) is 21.8 Å². The molecular formula is C13H17FN2O4. The van der Waals surface area contributed by atoms with E-state index in [0.717, 1.165) is 12.5 Å². The monoisotopic (exact) mass is 284 g/mol. The second-order valence-electron chi connectivity index (χ2n) is 5.01. The molecule has 0 spiro atoms. The summed E-state index contributed by atoms with van der Waals surface area (Å²) in [5.74, 6) is -0.666. The molecule has 1 N–H and O–H groups in total. The molecule has 0 amide bonds. The van der Waals surface area contributed by atoms with Gasteiger partial charge in [-0.25, -0.2) is 4.39 Å². The average Bonchev–Trinajstić information content (AvgIpc) is 2.41. The third kappa shape index (κ3) is 2.67. The number of ether oxygens (including phenoxy) is 1. The van der Waals surface area contributed by atoms with Crippen LogP contribution >= 0.6 is 0 Å². The number of aliphatic hydroxyl groups excluding tert-OH is 1. The van der Waals surface area contributed by atoms with Crippen LogP contribution in [0.2, 0.25) is 0 Å². The minimum atomic E-state index is -0.770. The van der Waals surface area contributed by atoms with Gasteiger partial charge in [0, 0.05) is 19.2 Å². The molecule has 2 rings (SSSR count). The molecule has 2 unspecified atom stereocenters. The highest BCUT2D eigenvalue weighted by Gasteiger charge is 2.29. The SMILES string of the molecule is COc1cc(N2CCC(C)C(O)C2)c([N+](=O)[O-])cc1F. The van der Waals surface area contributed by atoms with E-state index in [9.17, 15) is 19.6 Å². The second kappa shape index (κ2) is 5.62. The van der Waals surface area contributed by atoms with Gasteiger partial charge in [0.05, 0.1) is 24.2 Å². The van der Waals surface area contributed by atoms with E-state index < -0.39 is 16.8 Å². The standard InChI is InChI=1S/C13H17FN2O4/c1-8-3-4-15(7-12(8)17)10-6-13(20-2)9(14)5-11(10)16(18)19/h5-6,8,12,17H,3-4,7H2,1-2H3. The predicted molar refractivity (Wildman–Crippen MR) is 71.6 cm³/mol. The molecule has 2 atom stereocenters. The fourth-order valence-corrected chi connectivity index (χ4v) is 2.36. The lowest BCUT2D eigenvalue weighted by molar-refractivity contribution is -0.384. The molecule has 1 aromatic rings. The maximum absolute atomic E-state index is 13.6. The summed E-state index contributed by atoms with van der Waals surface area (Å²) in [5.41, 5.74) is -0.0377. The molecule has 7 heteroatoms. The molecular weight excluding hydrogens is 267 g/mol. The number of benzene rings is 1. The Balaban J connectivity index is 2.41. The molecule has 0 aromatic heterocycles. The van der Waals surface area contributed by atoms with E-state index in [1.54, 1.807) is 4.90 Å². The number of nitro groups is 1. The lowest BCUT2D eigenvalue weighted by Crippen LogP contribution is -2.43. The van der Waals surface area contributed by atoms with E-state index in [2.05, 4.69) is 0 Å². The number of hydrogen-bond acceptors (Lipinski definition) is 5. The molecule has 110 valence electrons. The number of rotatable bonds is 3. The number of hydrogen-bond donors (Lipinski definition) is 1. The highest BCUT2D eigenvalue weighted by atomic mass is 19.1. The van der Waals surface area contributed by atoms with Gasteiger partial charge in [0.25, 0.3) is 5.69 Å². The first kappa shape index (κ1) is 14.5. The van der Waals surface area contributed by atoms with Crippen molar-refractivity contribution in [3.8, 4) is 5.75 Å². The Labute approximate surface area is 115 Å². The minimum Gasteiger partial charge on any atom is -0.494 e. The Kier molecular flexibility index (Phi) is 4.08. The van der Waals surface area contributed by atoms with Gasteiger partial charge in [0.1, 0.15) is 5.69 Å². The topological polar surface area (TPSA) is 75.8 Å². The van der Waals surface area contributed by atoms with Gasteiger partial charge < -0.3 is 14.7 Å². The zero-order chi connectivity index (χ0) is 14.9. The Morgan fingerprint density at radius 1 is 1.55 bits per heavy atom. The molecule has 20 heavy (non-hydrogen) atoms. The molecule has 1 aliphatic heterocycles. The van der Waals surface area contributed by atoms with Gasteiger partial charge in [-0.1, -0.05) is 6.92 Å². The number of anilines is 1. The molecule has 1 fully saturated rings. The van der Waals surface area contributed by atoms with E-state index in [4.69, 9.17) is 4.74 Å². The zero-order valence-electron chi connectivity index (χ0n) is 11.4. The summed E-state index contributed by atoms with van der Waals surface area (Å²) in [6.45, 7) is 2.80. The highest BCUT2D eigenvalue weighted by Crippen LogP contribution is 2.36. The number of aliphatic hydroxyl groups is 1. The van der Waals surface area contributed by atoms with Crippen LogP contribution < -0.4 is 9.64 Å². The smallest absolute Gasteiger partial charge is 0.295 e. The summed E-state index contributed by atoms with van der Waals surface area (Å²) in [7, 11) is 1.31. The Morgan fingerprint density at radius 3 is 2.80 bits per heavy atom. The lowest BCUT2D eigenvalue weighted by Gasteiger charge is -2.35. The van der Waals surface area contributed by atoms with Gasteiger partial charge in [-0.3, -0.25) is 10.1 Å². The van der Waals surface area contributed by atoms with E-state index in [1.807, 2.05) is 6.92 Å². The van der Waals surface area contributed by atoms with E-state index in [1.165, 1.54) is 13.2 Å². The summed E-state index contributed by atoms with van der Waals surface area (Å²) in [6.07, 6.45) is 0.164. The molecule has 1 saturated heterocycles. The number of halogens is 1. The summed E-state index contributed by atoms with van der Waals surface area (Å²) in [6, 6.07) is 2.18. The fraction of sp³-hybridized carbons (Fsp3) is 0.538. The summed E-state index contributed by atoms with van der Waals surface area (Å²) in [5, 5.41) is 21.0. The van der Waals surface area contributed by atoms with Gasteiger partial charge in [-0.15, -0.1) is 0 Å². The van der Waals surface area contributed by atoms with E-state index in [0.29, 0.717) is 6.54 Å². The first-order valence-electron chi connectivity index (χ1n) is 6.39. The van der Waals surface area contributed by atoms with Gasteiger partial charge in [-0.2, -0.15) is 0 Å². The van der Waals surface area contributed by atoms with Gasteiger partial charge in [0.15, 0.2) is 11.6 Å². The summed E-state index contributed by atoms with van der Waals surface area (Å²) >= 11 is 0. The van der Waals surface area contributed by atoms with Gasteiger partial charge >= 0.3 is 0 Å². The second-order valence-corrected chi connectivity index (χ2v) is 5.01. The van der Waals surface area contributed by atoms with Crippen LogP contribution in [0.1, 0.15) is 13.3 Å². The Bertz CT molecular complexity index is 523. The summed E-state index contributed by atoms with van der Waals surface area (Å²) < 4.78 is 18.5. The van der Waals surface area contributed by atoms with Crippen LogP contribution in [0.3, 0.4) is 0 Å². The number of nitrogens with zero attached hydrogens (tertiary/aromatic N) is 2. The molecule has 0 bridgehead atoms. The number of piperidine rings is 1. The molecule has 6 nitrogen and oxygen atoms in total. The number of β-amino-alcohol motifs (C(OH)–C–C–N with tert-alkyl or cyclic N) is 1. The molecule has 1 heterocycles. The van der Waals surface area contributed by atoms with Crippen LogP contribution in [0.15, 0.2) is 12.1 Å². The van der Waals surface area contributed by atoms with Crippen molar-refractivity contribution in [2.75, 3.05) is 25.1 Å². The maximum atomic E-state index is 13.6. The molecule has 0 radical (unpaired) electrons. The van der Waals surface area contributed by atoms with Gasteiger partial charge in [-0.05, 0) is 12.3 Å². The van der Waals surface area contributed by atoms with Crippen molar-refractivity contribution < 1.29 is 19.2 Å². The van der Waals surface area contributed by atoms with Crippen LogP contribution in [-0.4, -0.2) is 36.3 Å². The van der Waals surface area contributed by atoms with Crippen LogP contribution in [-0.2, 0) is 0 Å². The molecule has 0 saturated carbocycles. The van der Waals surface area contributed by atoms with E-state index >= 15 is 0 Å². The number of nitro benzene ring substituents is 1. The maximum Gasteiger partial charge on any atom is 0.295 e. The van der Waals surface area contributed by atoms with Crippen molar-refractivity contribution in [3.05, 3.63) is 28.1 Å². The van der Waals surface area contributed by atoms with Crippen molar-refractivity contribution in [3.63, 3.8) is 0 Å². The third-order valence-electron chi connectivity index (χ3n) is 3.71. The molecule has 1 aliphatic rings. The Morgan fingerprint density at radius 2 is 2.25 bits per heavy atom. The Hall–Kier alpha value is -1.89. The highest BCUT2D eigenvalue weighted by molar-refractivity contribution is 5.66. The zero-order valence-corrected chi connectivity index (χ0v) is 11.4. The number of methoxy groups -OCH3 is 1. The van der Waals surface area contributed by atoms with E-state index in [-0.39, 0.29) is 29.6 Å². The average molecular weight is 284 g/mol. The molecule has 0 aliphatic carbocycles. The van der Waals surface area contributed by atoms with Gasteiger partial charge in [0.2, 0.25) is 0 Å². The fourth-order valence-electron chi connectivity index (χ4n) is 2.36. The van der Waals surface area contributed by atoms with Crippen LogP contribution in [0.25, 0.3) is 0 Å². The lowest BCUT2D eigenvalue weighted by atomic mass is 9.95. The van der Waals surface area contributed by atoms with Crippen molar-refractivity contribution in [1.29, 1.82) is 0 Å². The quantitative estimate of drug-likeness (QED) is 0.678. The first-order chi connectivity index (χ1) is 9.43. The normalized spacial score (nSPS) is 22.7. The van der Waals surface area contributed by atoms with Crippen molar-refractivity contribution in [1.82, 2.24) is 0 Å². The van der Waals surface area contributed by atoms with Crippen LogP contribution in [0.5, 0.6) is 5.75 Å². The van der Waals surface area contributed by atoms with Crippen LogP contribution in [0.4, 0.5) is 15.8 Å². The molecule has 1 aromatic carbocycles. The van der Waals surface area contributed by atoms with Crippen molar-refractivity contribution in [2.45, 2.75) is 19.4 Å². The largest absolute Gasteiger partial charge is 0.494 e. The van der Waals surface area contributed by atoms with Crippen molar-refractivity contribution in [2.24, 2.45) is 5.92 Å².